The molecule has 4 heteroatoms. The molecule has 16 heavy (non-hydrogen) atoms. The van der Waals surface area contributed by atoms with Crippen molar-refractivity contribution in [1.82, 2.24) is 0 Å². The van der Waals surface area contributed by atoms with Crippen LogP contribution in [0.4, 0.5) is 13.2 Å². The van der Waals surface area contributed by atoms with E-state index in [1.807, 2.05) is 0 Å². The van der Waals surface area contributed by atoms with Crippen LogP contribution in [0.25, 0.3) is 0 Å². The van der Waals surface area contributed by atoms with Crippen molar-refractivity contribution in [1.29, 1.82) is 0 Å². The van der Waals surface area contributed by atoms with E-state index in [0.29, 0.717) is 11.8 Å². The van der Waals surface area contributed by atoms with Crippen molar-refractivity contribution in [2.24, 2.45) is 5.92 Å². The van der Waals surface area contributed by atoms with Gasteiger partial charge in [0, 0.05) is 0 Å². The van der Waals surface area contributed by atoms with Gasteiger partial charge in [-0.3, -0.25) is 0 Å². The maximum atomic E-state index is 11.9. The third-order valence-corrected chi connectivity index (χ3v) is 2.97. The summed E-state index contributed by atoms with van der Waals surface area (Å²) in [7, 11) is 0. The number of alkyl halides is 3. The first-order chi connectivity index (χ1) is 7.46. The SMILES string of the molecule is CC(c1ccc(OC(F)(F)F)cc1)C1CC1. The van der Waals surface area contributed by atoms with Gasteiger partial charge < -0.3 is 4.74 Å². The fourth-order valence-corrected chi connectivity index (χ4v) is 1.84. The average molecular weight is 230 g/mol. The zero-order chi connectivity index (χ0) is 11.8. The fraction of sp³-hybridized carbons (Fsp3) is 0.500. The second kappa shape index (κ2) is 4.00. The molecule has 1 unspecified atom stereocenters. The van der Waals surface area contributed by atoms with Gasteiger partial charge in [-0.2, -0.15) is 0 Å². The Morgan fingerprint density at radius 1 is 1.19 bits per heavy atom. The van der Waals surface area contributed by atoms with Crippen LogP contribution in [0, 0.1) is 5.92 Å². The van der Waals surface area contributed by atoms with Crippen LogP contribution in [-0.4, -0.2) is 6.36 Å². The Morgan fingerprint density at radius 2 is 1.75 bits per heavy atom. The third-order valence-electron chi connectivity index (χ3n) is 2.97. The summed E-state index contributed by atoms with van der Waals surface area (Å²) in [4.78, 5) is 0. The molecule has 0 aliphatic heterocycles. The van der Waals surface area contributed by atoms with E-state index in [1.165, 1.54) is 25.0 Å². The van der Waals surface area contributed by atoms with E-state index in [9.17, 15) is 13.2 Å². The molecule has 1 saturated carbocycles. The van der Waals surface area contributed by atoms with Gasteiger partial charge in [0.2, 0.25) is 0 Å². The summed E-state index contributed by atoms with van der Waals surface area (Å²) in [5, 5.41) is 0. The van der Waals surface area contributed by atoms with E-state index in [4.69, 9.17) is 0 Å². The van der Waals surface area contributed by atoms with Crippen molar-refractivity contribution >= 4 is 0 Å². The van der Waals surface area contributed by atoms with Gasteiger partial charge in [-0.25, -0.2) is 0 Å². The Bertz CT molecular complexity index is 352. The highest BCUT2D eigenvalue weighted by atomic mass is 19.4. The summed E-state index contributed by atoms with van der Waals surface area (Å²) in [6.45, 7) is 2.11. The number of rotatable bonds is 3. The summed E-state index contributed by atoms with van der Waals surface area (Å²) < 4.78 is 39.6. The molecule has 0 spiro atoms. The highest BCUT2D eigenvalue weighted by Crippen LogP contribution is 2.42. The van der Waals surface area contributed by atoms with Crippen molar-refractivity contribution in [3.05, 3.63) is 29.8 Å². The van der Waals surface area contributed by atoms with Gasteiger partial charge in [0.15, 0.2) is 0 Å². The largest absolute Gasteiger partial charge is 0.573 e. The van der Waals surface area contributed by atoms with E-state index < -0.39 is 6.36 Å². The highest BCUT2D eigenvalue weighted by molar-refractivity contribution is 5.30. The lowest BCUT2D eigenvalue weighted by molar-refractivity contribution is -0.274. The molecule has 1 fully saturated rings. The van der Waals surface area contributed by atoms with E-state index in [0.717, 1.165) is 5.56 Å². The molecule has 0 amide bonds. The minimum Gasteiger partial charge on any atom is -0.406 e. The number of hydrogen-bond donors (Lipinski definition) is 0. The quantitative estimate of drug-likeness (QED) is 0.759. The molecule has 0 saturated heterocycles. The summed E-state index contributed by atoms with van der Waals surface area (Å²) in [5.41, 5.74) is 1.08. The lowest BCUT2D eigenvalue weighted by Crippen LogP contribution is -2.17. The van der Waals surface area contributed by atoms with Gasteiger partial charge >= 0.3 is 6.36 Å². The van der Waals surface area contributed by atoms with Crippen LogP contribution in [0.3, 0.4) is 0 Å². The van der Waals surface area contributed by atoms with Crippen molar-refractivity contribution < 1.29 is 17.9 Å². The Balaban J connectivity index is 2.04. The number of ether oxygens (including phenoxy) is 1. The molecule has 0 heterocycles. The third kappa shape index (κ3) is 2.90. The van der Waals surface area contributed by atoms with Gasteiger partial charge in [0.1, 0.15) is 5.75 Å². The molecule has 1 nitrogen and oxygen atoms in total. The number of benzene rings is 1. The van der Waals surface area contributed by atoms with Gasteiger partial charge in [0.25, 0.3) is 0 Å². The van der Waals surface area contributed by atoms with Crippen molar-refractivity contribution in [3.63, 3.8) is 0 Å². The lowest BCUT2D eigenvalue weighted by atomic mass is 9.96. The molecular weight excluding hydrogens is 217 g/mol. The second-order valence-corrected chi connectivity index (χ2v) is 4.24. The second-order valence-electron chi connectivity index (χ2n) is 4.24. The Labute approximate surface area is 92.2 Å². The smallest absolute Gasteiger partial charge is 0.406 e. The molecule has 88 valence electrons. The summed E-state index contributed by atoms with van der Waals surface area (Å²) in [6, 6.07) is 6.18. The van der Waals surface area contributed by atoms with E-state index >= 15 is 0 Å². The molecule has 0 N–H and O–H groups in total. The molecule has 1 aliphatic rings. The first kappa shape index (κ1) is 11.3. The monoisotopic (exact) mass is 230 g/mol. The van der Waals surface area contributed by atoms with Crippen LogP contribution in [-0.2, 0) is 0 Å². The first-order valence-electron chi connectivity index (χ1n) is 5.31. The minimum atomic E-state index is -4.61. The highest BCUT2D eigenvalue weighted by Gasteiger charge is 2.31. The number of hydrogen-bond acceptors (Lipinski definition) is 1. The number of halogens is 3. The standard InChI is InChI=1S/C12H13F3O/c1-8(9-2-3-9)10-4-6-11(7-5-10)16-12(13,14)15/h4-9H,2-3H2,1H3. The maximum Gasteiger partial charge on any atom is 0.573 e. The normalized spacial score (nSPS) is 18.2. The zero-order valence-electron chi connectivity index (χ0n) is 8.92. The topological polar surface area (TPSA) is 9.23 Å². The minimum absolute atomic E-state index is 0.153. The van der Waals surface area contributed by atoms with Crippen LogP contribution in [0.2, 0.25) is 0 Å². The summed E-state index contributed by atoms with van der Waals surface area (Å²) >= 11 is 0. The Kier molecular flexibility index (Phi) is 2.82. The molecule has 1 aromatic rings. The van der Waals surface area contributed by atoms with Gasteiger partial charge in [-0.1, -0.05) is 19.1 Å². The molecular formula is C12H13F3O. The van der Waals surface area contributed by atoms with Crippen LogP contribution >= 0.6 is 0 Å². The molecule has 2 rings (SSSR count). The molecule has 0 aromatic heterocycles. The van der Waals surface area contributed by atoms with E-state index in [-0.39, 0.29) is 5.75 Å². The van der Waals surface area contributed by atoms with Crippen LogP contribution in [0.15, 0.2) is 24.3 Å². The van der Waals surface area contributed by atoms with Gasteiger partial charge in [0.05, 0.1) is 0 Å². The van der Waals surface area contributed by atoms with Crippen molar-refractivity contribution in [2.75, 3.05) is 0 Å². The maximum absolute atomic E-state index is 11.9. The predicted molar refractivity (Wildman–Crippen MR) is 54.3 cm³/mol. The van der Waals surface area contributed by atoms with Crippen molar-refractivity contribution in [3.8, 4) is 5.75 Å². The molecule has 1 aromatic carbocycles. The van der Waals surface area contributed by atoms with E-state index in [2.05, 4.69) is 11.7 Å². The van der Waals surface area contributed by atoms with Crippen molar-refractivity contribution in [2.45, 2.75) is 32.0 Å². The Morgan fingerprint density at radius 3 is 2.19 bits per heavy atom. The fourth-order valence-electron chi connectivity index (χ4n) is 1.84. The molecule has 1 atom stereocenters. The van der Waals surface area contributed by atoms with Crippen LogP contribution in [0.1, 0.15) is 31.2 Å². The lowest BCUT2D eigenvalue weighted by Gasteiger charge is -2.12. The molecule has 0 bridgehead atoms. The Hall–Kier alpha value is -1.19. The molecule has 1 aliphatic carbocycles. The summed E-state index contributed by atoms with van der Waals surface area (Å²) in [6.07, 6.45) is -2.16. The van der Waals surface area contributed by atoms with Gasteiger partial charge in [-0.15, -0.1) is 13.2 Å². The van der Waals surface area contributed by atoms with Crippen LogP contribution in [0.5, 0.6) is 5.75 Å². The van der Waals surface area contributed by atoms with E-state index in [1.54, 1.807) is 12.1 Å². The van der Waals surface area contributed by atoms with Crippen LogP contribution < -0.4 is 4.74 Å². The average Bonchev–Trinajstić information content (AvgIpc) is 2.98. The zero-order valence-corrected chi connectivity index (χ0v) is 8.92. The van der Waals surface area contributed by atoms with Gasteiger partial charge in [-0.05, 0) is 42.4 Å². The molecule has 0 radical (unpaired) electrons. The first-order valence-corrected chi connectivity index (χ1v) is 5.31. The predicted octanol–water partition coefficient (Wildman–Crippen LogP) is 4.10. The summed E-state index contributed by atoms with van der Waals surface area (Å²) in [5.74, 6) is 0.980.